The Morgan fingerprint density at radius 3 is 0.857 bits per heavy atom. The Morgan fingerprint density at radius 2 is 0.857 bits per heavy atom. The third-order valence-corrected chi connectivity index (χ3v) is 2.63. The van der Waals surface area contributed by atoms with E-state index in [0.717, 1.165) is 0 Å². The summed E-state index contributed by atoms with van der Waals surface area (Å²) in [6.07, 6.45) is 0. The number of hydrogen-bond donors (Lipinski definition) is 0. The van der Waals surface area contributed by atoms with Gasteiger partial charge in [0.1, 0.15) is 0 Å². The van der Waals surface area contributed by atoms with Crippen molar-refractivity contribution in [2.45, 2.75) is 0 Å². The summed E-state index contributed by atoms with van der Waals surface area (Å²) in [7, 11) is -8.76. The molecule has 0 saturated heterocycles. The molecule has 0 atom stereocenters. The van der Waals surface area contributed by atoms with E-state index in [1.807, 2.05) is 0 Å². The zero-order chi connectivity index (χ0) is 10.4. The first-order valence-corrected chi connectivity index (χ1v) is 6.79. The molecule has 0 bridgehead atoms. The first kappa shape index (κ1) is 26.2. The Balaban J connectivity index is -0.0000000625. The van der Waals surface area contributed by atoms with Gasteiger partial charge < -0.3 is 28.7 Å². The van der Waals surface area contributed by atoms with Crippen LogP contribution in [0.15, 0.2) is 0 Å². The normalized spacial score (nSPS) is 10.1. The van der Waals surface area contributed by atoms with Gasteiger partial charge in [0.2, 0.25) is 0 Å². The van der Waals surface area contributed by atoms with E-state index >= 15 is 0 Å². The van der Waals surface area contributed by atoms with Gasteiger partial charge in [-0.05, 0) is 0 Å². The van der Waals surface area contributed by atoms with Crippen LogP contribution >= 0.6 is 38.4 Å². The molecule has 0 fully saturated rings. The molecule has 0 radical (unpaired) electrons. The van der Waals surface area contributed by atoms with E-state index in [0.29, 0.717) is 0 Å². The summed E-state index contributed by atoms with van der Waals surface area (Å²) >= 11 is 9.18. The smallest absolute Gasteiger partial charge is 0.810 e. The van der Waals surface area contributed by atoms with Gasteiger partial charge in [0.15, 0.2) is 0 Å². The molecule has 0 saturated carbocycles. The Labute approximate surface area is 155 Å². The zero-order valence-electron chi connectivity index (χ0n) is 6.51. The fourth-order valence-corrected chi connectivity index (χ4v) is 0. The largest absolute Gasteiger partial charge is 2.00 e. The minimum absolute atomic E-state index is 0. The molecule has 0 aromatic carbocycles. The fourth-order valence-electron chi connectivity index (χ4n) is 0. The first-order valence-electron chi connectivity index (χ1n) is 2.26. The second-order valence-electron chi connectivity index (χ2n) is 1.46. The van der Waals surface area contributed by atoms with Gasteiger partial charge in [0, 0.05) is 0 Å². The van der Waals surface area contributed by atoms with Crippen LogP contribution in [0.4, 0.5) is 0 Å². The van der Waals surface area contributed by atoms with Gasteiger partial charge in [0.25, 0.3) is 0 Å². The van der Waals surface area contributed by atoms with Crippen LogP contribution in [0, 0.1) is 79.9 Å². The number of alkyl halides is 2. The van der Waals surface area contributed by atoms with Gasteiger partial charge in [0.05, 0.1) is 11.2 Å². The van der Waals surface area contributed by atoms with Crippen molar-refractivity contribution in [1.29, 1.82) is 0 Å². The van der Waals surface area contributed by atoms with Crippen molar-refractivity contribution < 1.29 is 109 Å². The molecule has 0 aliphatic rings. The second kappa shape index (κ2) is 13.0. The van der Waals surface area contributed by atoms with Crippen LogP contribution in [0.3, 0.4) is 0 Å². The quantitative estimate of drug-likeness (QED) is 0.245. The Morgan fingerprint density at radius 1 is 0.786 bits per heavy atom. The molecule has 80 valence electrons. The molecule has 0 aliphatic heterocycles. The van der Waals surface area contributed by atoms with Crippen molar-refractivity contribution in [1.82, 2.24) is 0 Å². The van der Waals surface area contributed by atoms with E-state index in [-0.39, 0.29) is 79.9 Å². The molecule has 0 spiro atoms. The minimum Gasteiger partial charge on any atom is -0.810 e. The van der Waals surface area contributed by atoms with Crippen LogP contribution in [0.1, 0.15) is 0 Å². The van der Waals surface area contributed by atoms with Crippen LogP contribution in [0.25, 0.3) is 0 Å². The van der Waals surface area contributed by atoms with Crippen LogP contribution in [-0.4, -0.2) is 11.2 Å². The third-order valence-electron chi connectivity index (χ3n) is 0.293. The maximum atomic E-state index is 9.34. The third kappa shape index (κ3) is 36.1. The van der Waals surface area contributed by atoms with Crippen molar-refractivity contribution in [3.8, 4) is 0 Å². The van der Waals surface area contributed by atoms with Crippen molar-refractivity contribution in [2.75, 3.05) is 11.2 Å². The van der Waals surface area contributed by atoms with E-state index in [1.54, 1.807) is 0 Å². The van der Waals surface area contributed by atoms with E-state index in [9.17, 15) is 28.7 Å². The van der Waals surface area contributed by atoms with Gasteiger partial charge in [-0.25, -0.2) is 0 Å². The molecule has 0 aromatic rings. The predicted octanol–water partition coefficient (Wildman–Crippen LogP) is -1.81. The van der Waals surface area contributed by atoms with Gasteiger partial charge in [-0.1, -0.05) is 15.2 Å². The molecule has 0 amide bonds. The summed E-state index contributed by atoms with van der Waals surface area (Å²) in [5.74, 6) is 0. The van der Waals surface area contributed by atoms with Gasteiger partial charge in [-0.2, -0.15) is 0 Å². The molecular formula is C2H4Cl2O6P2Th2. The maximum absolute atomic E-state index is 9.34. The average Bonchev–Trinajstić information content (AvgIpc) is 1.86. The second-order valence-corrected chi connectivity index (χ2v) is 5.82. The van der Waals surface area contributed by atoms with E-state index < -0.39 is 26.4 Å². The predicted molar refractivity (Wildman–Crippen MR) is 36.7 cm³/mol. The van der Waals surface area contributed by atoms with Crippen molar-refractivity contribution in [3.05, 3.63) is 0 Å². The Bertz CT molecular complexity index is 180. The van der Waals surface area contributed by atoms with Gasteiger partial charge >= 0.3 is 79.9 Å². The van der Waals surface area contributed by atoms with E-state index in [2.05, 4.69) is 23.2 Å². The topological polar surface area (TPSA) is 126 Å². The van der Waals surface area contributed by atoms with Crippen LogP contribution < -0.4 is 19.6 Å². The molecule has 14 heavy (non-hydrogen) atoms. The molecule has 0 unspecified atom stereocenters. The molecule has 0 heterocycles. The number of halogens is 2. The monoisotopic (exact) mass is 720 g/mol. The molecule has 0 aliphatic carbocycles. The standard InChI is InChI=1S/2CH4ClO3P.2Th/c2*2-1-6(3,4)5;;/h2*1H2,(H2,3,4,5);;/q;;2*+2/p-4. The van der Waals surface area contributed by atoms with Crippen molar-refractivity contribution in [2.24, 2.45) is 0 Å². The van der Waals surface area contributed by atoms with E-state index in [1.165, 1.54) is 0 Å². The van der Waals surface area contributed by atoms with E-state index in [4.69, 9.17) is 0 Å². The van der Waals surface area contributed by atoms with Crippen LogP contribution in [0.2, 0.25) is 0 Å². The molecule has 0 N–H and O–H groups in total. The summed E-state index contributed by atoms with van der Waals surface area (Å²) in [5, 5.41) is 0. The van der Waals surface area contributed by atoms with Crippen molar-refractivity contribution in [3.63, 3.8) is 0 Å². The zero-order valence-corrected chi connectivity index (χ0v) is 18.0. The fraction of sp³-hybridized carbons (Fsp3) is 1.00. The van der Waals surface area contributed by atoms with Crippen LogP contribution in [0.5, 0.6) is 0 Å². The first-order chi connectivity index (χ1) is 5.12. The maximum Gasteiger partial charge on any atom is 2.00 e. The summed E-state index contributed by atoms with van der Waals surface area (Å²) in [6, 6.07) is 0. The number of hydrogen-bond acceptors (Lipinski definition) is 6. The molecular weight excluding hydrogens is 717 g/mol. The molecule has 6 nitrogen and oxygen atoms in total. The SMILES string of the molecule is O=P([O-])([O-])CCl.O=P([O-])([O-])CCl.[Th+2].[Th+2]. The summed E-state index contributed by atoms with van der Waals surface area (Å²) in [5.41, 5.74) is -1.62. The summed E-state index contributed by atoms with van der Waals surface area (Å²) in [4.78, 5) is 37.4. The van der Waals surface area contributed by atoms with Crippen LogP contribution in [-0.2, 0) is 9.13 Å². The van der Waals surface area contributed by atoms with Crippen molar-refractivity contribution >= 4 is 38.4 Å². The molecule has 0 rings (SSSR count). The Kier molecular flexibility index (Phi) is 24.2. The summed E-state index contributed by atoms with van der Waals surface area (Å²) in [6.45, 7) is 0. The molecule has 0 aromatic heterocycles. The van der Waals surface area contributed by atoms with Gasteiger partial charge in [-0.15, -0.1) is 23.2 Å². The minimum atomic E-state index is -4.38. The molecule has 12 heteroatoms. The Hall–Kier alpha value is 3.53. The number of rotatable bonds is 2. The summed E-state index contributed by atoms with van der Waals surface area (Å²) < 4.78 is 18.7. The average molecular weight is 721 g/mol. The van der Waals surface area contributed by atoms with Gasteiger partial charge in [-0.3, -0.25) is 0 Å².